The highest BCUT2D eigenvalue weighted by Gasteiger charge is 2.43. The molecular weight excluding hydrogens is 238 g/mol. The summed E-state index contributed by atoms with van der Waals surface area (Å²) in [6.45, 7) is 4.33. The summed E-state index contributed by atoms with van der Waals surface area (Å²) >= 11 is 0. The molecule has 2 rings (SSSR count). The highest BCUT2D eigenvalue weighted by Crippen LogP contribution is 2.44. The van der Waals surface area contributed by atoms with Crippen LogP contribution in [0.25, 0.3) is 0 Å². The Morgan fingerprint density at radius 1 is 1.32 bits per heavy atom. The van der Waals surface area contributed by atoms with Gasteiger partial charge in [0.1, 0.15) is 0 Å². The third-order valence-electron chi connectivity index (χ3n) is 4.36. The van der Waals surface area contributed by atoms with E-state index in [1.165, 1.54) is 38.5 Å². The normalized spacial score (nSPS) is 28.4. The molecule has 110 valence electrons. The van der Waals surface area contributed by atoms with Gasteiger partial charge in [0.2, 0.25) is 0 Å². The van der Waals surface area contributed by atoms with Crippen molar-refractivity contribution in [3.63, 3.8) is 0 Å². The average molecular weight is 267 g/mol. The fourth-order valence-corrected chi connectivity index (χ4v) is 3.21. The van der Waals surface area contributed by atoms with Crippen LogP contribution < -0.4 is 11.1 Å². The monoisotopic (exact) mass is 267 g/mol. The lowest BCUT2D eigenvalue weighted by Gasteiger charge is -2.21. The van der Waals surface area contributed by atoms with Crippen molar-refractivity contribution in [1.29, 1.82) is 0 Å². The molecular formula is C15H29N3O. The average Bonchev–Trinajstić information content (AvgIpc) is 3.19. The Morgan fingerprint density at radius 3 is 2.84 bits per heavy atom. The highest BCUT2D eigenvalue weighted by molar-refractivity contribution is 5.78. The zero-order valence-electron chi connectivity index (χ0n) is 12.2. The van der Waals surface area contributed by atoms with Gasteiger partial charge in [0, 0.05) is 25.8 Å². The summed E-state index contributed by atoms with van der Waals surface area (Å²) < 4.78 is 5.27. The molecule has 3 N–H and O–H groups in total. The molecule has 0 saturated heterocycles. The number of hydrogen-bond donors (Lipinski definition) is 2. The Balaban J connectivity index is 1.58. The summed E-state index contributed by atoms with van der Waals surface area (Å²) in [7, 11) is 0. The quantitative estimate of drug-likeness (QED) is 0.423. The van der Waals surface area contributed by atoms with Crippen molar-refractivity contribution in [3.8, 4) is 0 Å². The van der Waals surface area contributed by atoms with Gasteiger partial charge >= 0.3 is 0 Å². The molecule has 2 saturated carbocycles. The van der Waals surface area contributed by atoms with Crippen molar-refractivity contribution in [1.82, 2.24) is 5.32 Å². The van der Waals surface area contributed by atoms with Crippen LogP contribution in [0.4, 0.5) is 0 Å². The van der Waals surface area contributed by atoms with E-state index in [2.05, 4.69) is 10.3 Å². The number of hydrogen-bond acceptors (Lipinski definition) is 2. The van der Waals surface area contributed by atoms with Crippen molar-refractivity contribution in [2.75, 3.05) is 19.8 Å². The van der Waals surface area contributed by atoms with Gasteiger partial charge in [-0.15, -0.1) is 0 Å². The Kier molecular flexibility index (Phi) is 5.95. The van der Waals surface area contributed by atoms with Crippen LogP contribution in [-0.2, 0) is 4.74 Å². The minimum atomic E-state index is 0.596. The molecule has 4 heteroatoms. The van der Waals surface area contributed by atoms with E-state index in [-0.39, 0.29) is 0 Å². The number of ether oxygens (including phenoxy) is 1. The zero-order chi connectivity index (χ0) is 13.5. The zero-order valence-corrected chi connectivity index (χ0v) is 12.2. The van der Waals surface area contributed by atoms with Crippen molar-refractivity contribution >= 4 is 5.96 Å². The van der Waals surface area contributed by atoms with Crippen LogP contribution in [0.15, 0.2) is 4.99 Å². The number of nitrogens with one attached hydrogen (secondary N) is 1. The maximum Gasteiger partial charge on any atom is 0.188 e. The minimum absolute atomic E-state index is 0.596. The second-order valence-corrected chi connectivity index (χ2v) is 5.87. The highest BCUT2D eigenvalue weighted by atomic mass is 16.5. The van der Waals surface area contributed by atoms with E-state index in [0.717, 1.165) is 38.0 Å². The lowest BCUT2D eigenvalue weighted by atomic mass is 9.85. The largest absolute Gasteiger partial charge is 0.382 e. The van der Waals surface area contributed by atoms with Gasteiger partial charge in [0.05, 0.1) is 0 Å². The van der Waals surface area contributed by atoms with Gasteiger partial charge in [0.25, 0.3) is 0 Å². The lowest BCUT2D eigenvalue weighted by molar-refractivity contribution is 0.146. The molecule has 2 fully saturated rings. The maximum absolute atomic E-state index is 5.92. The molecule has 0 spiro atoms. The first-order chi connectivity index (χ1) is 9.31. The topological polar surface area (TPSA) is 59.6 Å². The predicted molar refractivity (Wildman–Crippen MR) is 79.2 cm³/mol. The molecule has 4 nitrogen and oxygen atoms in total. The molecule has 0 heterocycles. The Bertz CT molecular complexity index is 287. The number of rotatable bonds is 7. The van der Waals surface area contributed by atoms with Crippen LogP contribution in [0.2, 0.25) is 0 Å². The first kappa shape index (κ1) is 14.6. The van der Waals surface area contributed by atoms with E-state index >= 15 is 0 Å². The number of nitrogens with zero attached hydrogens (tertiary/aromatic N) is 1. The van der Waals surface area contributed by atoms with Crippen LogP contribution in [0.3, 0.4) is 0 Å². The Hall–Kier alpha value is -0.770. The van der Waals surface area contributed by atoms with E-state index in [9.17, 15) is 0 Å². The summed E-state index contributed by atoms with van der Waals surface area (Å²) in [4.78, 5) is 4.36. The fraction of sp³-hybridized carbons (Fsp3) is 0.933. The minimum Gasteiger partial charge on any atom is -0.382 e. The van der Waals surface area contributed by atoms with Crippen LogP contribution >= 0.6 is 0 Å². The van der Waals surface area contributed by atoms with Crippen LogP contribution in [-0.4, -0.2) is 31.8 Å². The van der Waals surface area contributed by atoms with Gasteiger partial charge in [-0.05, 0) is 31.6 Å². The second-order valence-electron chi connectivity index (χ2n) is 5.87. The van der Waals surface area contributed by atoms with Gasteiger partial charge in [-0.2, -0.15) is 0 Å². The van der Waals surface area contributed by atoms with Gasteiger partial charge in [-0.25, -0.2) is 0 Å². The summed E-state index contributed by atoms with van der Waals surface area (Å²) in [6.07, 6.45) is 9.38. The summed E-state index contributed by atoms with van der Waals surface area (Å²) in [5.74, 6) is 2.43. The van der Waals surface area contributed by atoms with Gasteiger partial charge in [-0.1, -0.05) is 32.1 Å². The molecule has 2 atom stereocenters. The van der Waals surface area contributed by atoms with Crippen molar-refractivity contribution in [2.24, 2.45) is 22.6 Å². The Labute approximate surface area is 117 Å². The molecule has 0 amide bonds. The number of aliphatic imine (C=N–C) groups is 1. The SMILES string of the molecule is CCOCCCN=C(N)NC1CC1C1CCCCC1. The fourth-order valence-electron chi connectivity index (χ4n) is 3.21. The van der Waals surface area contributed by atoms with Crippen molar-refractivity contribution < 1.29 is 4.74 Å². The van der Waals surface area contributed by atoms with Crippen LogP contribution in [0.5, 0.6) is 0 Å². The van der Waals surface area contributed by atoms with Crippen LogP contribution in [0, 0.1) is 11.8 Å². The van der Waals surface area contributed by atoms with E-state index < -0.39 is 0 Å². The molecule has 0 bridgehead atoms. The molecule has 0 aromatic heterocycles. The molecule has 0 radical (unpaired) electrons. The first-order valence-corrected chi connectivity index (χ1v) is 7.95. The summed E-state index contributed by atoms with van der Waals surface area (Å²) in [6, 6.07) is 0.596. The molecule has 0 aromatic rings. The molecule has 2 aliphatic rings. The van der Waals surface area contributed by atoms with Gasteiger partial charge in [-0.3, -0.25) is 4.99 Å². The first-order valence-electron chi connectivity index (χ1n) is 7.95. The third-order valence-corrected chi connectivity index (χ3v) is 4.36. The number of guanidine groups is 1. The maximum atomic E-state index is 5.92. The van der Waals surface area contributed by atoms with E-state index in [1.54, 1.807) is 0 Å². The second kappa shape index (κ2) is 7.73. The molecule has 0 aliphatic heterocycles. The Morgan fingerprint density at radius 2 is 2.11 bits per heavy atom. The standard InChI is InChI=1S/C15H29N3O/c1-2-19-10-6-9-17-15(16)18-14-11-13(14)12-7-4-3-5-8-12/h12-14H,2-11H2,1H3,(H3,16,17,18). The molecule has 2 unspecified atom stereocenters. The molecule has 2 aliphatic carbocycles. The van der Waals surface area contributed by atoms with E-state index in [4.69, 9.17) is 10.5 Å². The van der Waals surface area contributed by atoms with E-state index in [1.807, 2.05) is 6.92 Å². The van der Waals surface area contributed by atoms with Crippen molar-refractivity contribution in [3.05, 3.63) is 0 Å². The van der Waals surface area contributed by atoms with Gasteiger partial charge < -0.3 is 15.8 Å². The van der Waals surface area contributed by atoms with E-state index in [0.29, 0.717) is 12.0 Å². The van der Waals surface area contributed by atoms with Crippen molar-refractivity contribution in [2.45, 2.75) is 57.9 Å². The summed E-state index contributed by atoms with van der Waals surface area (Å²) in [5, 5.41) is 3.38. The third kappa shape index (κ3) is 5.01. The smallest absolute Gasteiger partial charge is 0.188 e. The predicted octanol–water partition coefficient (Wildman–Crippen LogP) is 2.29. The van der Waals surface area contributed by atoms with Gasteiger partial charge in [0.15, 0.2) is 5.96 Å². The lowest BCUT2D eigenvalue weighted by Crippen LogP contribution is -2.35. The molecule has 19 heavy (non-hydrogen) atoms. The van der Waals surface area contributed by atoms with Crippen LogP contribution in [0.1, 0.15) is 51.9 Å². The number of nitrogens with two attached hydrogens (primary N) is 1. The summed E-state index contributed by atoms with van der Waals surface area (Å²) in [5.41, 5.74) is 5.92. The molecule has 0 aromatic carbocycles.